The average Bonchev–Trinajstić information content (AvgIpc) is 2.13. The summed E-state index contributed by atoms with van der Waals surface area (Å²) in [5.41, 5.74) is -0.328. The molecule has 2 N–H and O–H groups in total. The first-order valence-electron chi connectivity index (χ1n) is 5.82. The molecule has 0 saturated carbocycles. The minimum Gasteiger partial charge on any atom is -0.480 e. The molecule has 0 spiro atoms. The molecule has 1 atom stereocenters. The molecule has 0 rings (SSSR count). The second kappa shape index (κ2) is 5.89. The Balaban J connectivity index is 4.57. The van der Waals surface area contributed by atoms with Gasteiger partial charge in [0.05, 0.1) is 0 Å². The van der Waals surface area contributed by atoms with Crippen molar-refractivity contribution in [2.75, 3.05) is 7.05 Å². The van der Waals surface area contributed by atoms with Crippen LogP contribution in [0.4, 0.5) is 4.79 Å². The summed E-state index contributed by atoms with van der Waals surface area (Å²) in [4.78, 5) is 24.4. The van der Waals surface area contributed by atoms with Gasteiger partial charge in [-0.05, 0) is 33.1 Å². The van der Waals surface area contributed by atoms with Crippen LogP contribution in [0.15, 0.2) is 0 Å². The van der Waals surface area contributed by atoms with E-state index in [-0.39, 0.29) is 17.5 Å². The van der Waals surface area contributed by atoms with Crippen molar-refractivity contribution in [1.82, 2.24) is 10.2 Å². The highest BCUT2D eigenvalue weighted by Crippen LogP contribution is 2.11. The van der Waals surface area contributed by atoms with Crippen molar-refractivity contribution in [2.24, 2.45) is 5.92 Å². The highest BCUT2D eigenvalue weighted by molar-refractivity contribution is 5.82. The van der Waals surface area contributed by atoms with Crippen LogP contribution in [-0.2, 0) is 4.79 Å². The number of nitrogens with one attached hydrogen (secondary N) is 1. The van der Waals surface area contributed by atoms with E-state index in [1.807, 2.05) is 34.6 Å². The second-order valence-corrected chi connectivity index (χ2v) is 5.70. The Kier molecular flexibility index (Phi) is 5.45. The normalized spacial score (nSPS) is 13.4. The van der Waals surface area contributed by atoms with Gasteiger partial charge in [0.2, 0.25) is 0 Å². The molecule has 0 fully saturated rings. The van der Waals surface area contributed by atoms with Crippen molar-refractivity contribution < 1.29 is 14.7 Å². The molecule has 0 aromatic heterocycles. The van der Waals surface area contributed by atoms with E-state index in [1.54, 1.807) is 7.05 Å². The summed E-state index contributed by atoms with van der Waals surface area (Å²) in [7, 11) is 1.66. The van der Waals surface area contributed by atoms with Gasteiger partial charge in [0.15, 0.2) is 0 Å². The quantitative estimate of drug-likeness (QED) is 0.793. The summed E-state index contributed by atoms with van der Waals surface area (Å²) in [6.45, 7) is 9.53. The number of carboxylic acid groups (broad SMARTS) is 1. The predicted octanol–water partition coefficient (Wildman–Crippen LogP) is 1.93. The fourth-order valence-corrected chi connectivity index (χ4v) is 1.24. The molecule has 0 unspecified atom stereocenters. The first-order chi connectivity index (χ1) is 7.55. The standard InChI is InChI=1S/C12H24N2O3/c1-8(2)7-9(10(15)16)13-11(17)14(6)12(3,4)5/h8-9H,7H2,1-6H3,(H,13,17)(H,15,16)/t9-/m0/s1. The smallest absolute Gasteiger partial charge is 0.326 e. The Hall–Kier alpha value is -1.26. The summed E-state index contributed by atoms with van der Waals surface area (Å²) >= 11 is 0. The second-order valence-electron chi connectivity index (χ2n) is 5.70. The van der Waals surface area contributed by atoms with E-state index in [0.29, 0.717) is 6.42 Å². The maximum absolute atomic E-state index is 11.8. The van der Waals surface area contributed by atoms with Crippen LogP contribution in [0.3, 0.4) is 0 Å². The SMILES string of the molecule is CC(C)C[C@H](NC(=O)N(C)C(C)(C)C)C(=O)O. The molecule has 17 heavy (non-hydrogen) atoms. The highest BCUT2D eigenvalue weighted by atomic mass is 16.4. The zero-order valence-corrected chi connectivity index (χ0v) is 11.6. The molecule has 0 saturated heterocycles. The van der Waals surface area contributed by atoms with Crippen LogP contribution in [0.5, 0.6) is 0 Å². The van der Waals surface area contributed by atoms with E-state index in [1.165, 1.54) is 4.90 Å². The number of carbonyl (C=O) groups excluding carboxylic acids is 1. The lowest BCUT2D eigenvalue weighted by atomic mass is 10.0. The van der Waals surface area contributed by atoms with Gasteiger partial charge >= 0.3 is 12.0 Å². The van der Waals surface area contributed by atoms with Gasteiger partial charge in [0.1, 0.15) is 6.04 Å². The maximum atomic E-state index is 11.8. The molecule has 0 heterocycles. The number of hydrogen-bond donors (Lipinski definition) is 2. The number of amides is 2. The molecule has 100 valence electrons. The van der Waals surface area contributed by atoms with Crippen molar-refractivity contribution >= 4 is 12.0 Å². The van der Waals surface area contributed by atoms with Crippen molar-refractivity contribution in [3.05, 3.63) is 0 Å². The fraction of sp³-hybridized carbons (Fsp3) is 0.833. The topological polar surface area (TPSA) is 69.6 Å². The van der Waals surface area contributed by atoms with Gasteiger partial charge in [0, 0.05) is 12.6 Å². The Morgan fingerprint density at radius 2 is 1.76 bits per heavy atom. The first-order valence-corrected chi connectivity index (χ1v) is 5.82. The number of hydrogen-bond acceptors (Lipinski definition) is 2. The average molecular weight is 244 g/mol. The van der Waals surface area contributed by atoms with Gasteiger partial charge < -0.3 is 15.3 Å². The third-order valence-corrected chi connectivity index (χ3v) is 2.61. The summed E-state index contributed by atoms with van der Waals surface area (Å²) in [6, 6.07) is -1.18. The van der Waals surface area contributed by atoms with Gasteiger partial charge in [-0.25, -0.2) is 9.59 Å². The molecule has 0 bridgehead atoms. The van der Waals surface area contributed by atoms with Crippen LogP contribution in [0.25, 0.3) is 0 Å². The maximum Gasteiger partial charge on any atom is 0.326 e. The predicted molar refractivity (Wildman–Crippen MR) is 66.9 cm³/mol. The van der Waals surface area contributed by atoms with Crippen molar-refractivity contribution in [3.63, 3.8) is 0 Å². The Morgan fingerprint density at radius 1 is 1.29 bits per heavy atom. The Bertz CT molecular complexity index is 282. The van der Waals surface area contributed by atoms with Crippen LogP contribution in [0, 0.1) is 5.92 Å². The van der Waals surface area contributed by atoms with Crippen molar-refractivity contribution in [3.8, 4) is 0 Å². The van der Waals surface area contributed by atoms with Gasteiger partial charge in [-0.2, -0.15) is 0 Å². The van der Waals surface area contributed by atoms with Crippen LogP contribution < -0.4 is 5.32 Å². The largest absolute Gasteiger partial charge is 0.480 e. The number of rotatable bonds is 4. The lowest BCUT2D eigenvalue weighted by Crippen LogP contribution is -2.52. The van der Waals surface area contributed by atoms with Crippen LogP contribution in [0.2, 0.25) is 0 Å². The molecular formula is C12H24N2O3. The molecule has 5 heteroatoms. The van der Waals surface area contributed by atoms with E-state index < -0.39 is 12.0 Å². The summed E-state index contributed by atoms with van der Waals surface area (Å²) in [6.07, 6.45) is 0.430. The highest BCUT2D eigenvalue weighted by Gasteiger charge is 2.27. The minimum atomic E-state index is -0.991. The molecule has 0 aromatic rings. The number of carbonyl (C=O) groups is 2. The molecule has 5 nitrogen and oxygen atoms in total. The van der Waals surface area contributed by atoms with E-state index in [4.69, 9.17) is 5.11 Å². The minimum absolute atomic E-state index is 0.219. The molecule has 0 radical (unpaired) electrons. The molecule has 0 aromatic carbocycles. The van der Waals surface area contributed by atoms with Crippen LogP contribution in [-0.4, -0.2) is 40.6 Å². The van der Waals surface area contributed by atoms with E-state index >= 15 is 0 Å². The van der Waals surface area contributed by atoms with Crippen molar-refractivity contribution in [1.29, 1.82) is 0 Å². The third-order valence-electron chi connectivity index (χ3n) is 2.61. The van der Waals surface area contributed by atoms with E-state index in [2.05, 4.69) is 5.32 Å². The molecular weight excluding hydrogens is 220 g/mol. The molecule has 2 amide bonds. The molecule has 0 aliphatic rings. The first kappa shape index (κ1) is 15.7. The lowest BCUT2D eigenvalue weighted by molar-refractivity contribution is -0.139. The van der Waals surface area contributed by atoms with E-state index in [0.717, 1.165) is 0 Å². The van der Waals surface area contributed by atoms with Crippen LogP contribution >= 0.6 is 0 Å². The molecule has 0 aliphatic carbocycles. The van der Waals surface area contributed by atoms with Crippen molar-refractivity contribution in [2.45, 2.75) is 52.6 Å². The Labute approximate surface area is 103 Å². The van der Waals surface area contributed by atoms with Crippen LogP contribution in [0.1, 0.15) is 41.0 Å². The zero-order chi connectivity index (χ0) is 13.8. The summed E-state index contributed by atoms with van der Waals surface area (Å²) < 4.78 is 0. The Morgan fingerprint density at radius 3 is 2.06 bits per heavy atom. The molecule has 0 aliphatic heterocycles. The number of carboxylic acids is 1. The van der Waals surface area contributed by atoms with E-state index in [9.17, 15) is 9.59 Å². The monoisotopic (exact) mass is 244 g/mol. The third kappa shape index (κ3) is 5.56. The van der Waals surface area contributed by atoms with Gasteiger partial charge in [-0.1, -0.05) is 13.8 Å². The summed E-state index contributed by atoms with van der Waals surface area (Å²) in [5, 5.41) is 11.6. The van der Waals surface area contributed by atoms with Gasteiger partial charge in [0.25, 0.3) is 0 Å². The number of aliphatic carboxylic acids is 1. The van der Waals surface area contributed by atoms with Gasteiger partial charge in [-0.15, -0.1) is 0 Å². The van der Waals surface area contributed by atoms with Gasteiger partial charge in [-0.3, -0.25) is 0 Å². The fourth-order valence-electron chi connectivity index (χ4n) is 1.24. The zero-order valence-electron chi connectivity index (χ0n) is 11.6. The lowest BCUT2D eigenvalue weighted by Gasteiger charge is -2.33. The summed E-state index contributed by atoms with van der Waals surface area (Å²) in [5.74, 6) is -0.772. The number of nitrogens with zero attached hydrogens (tertiary/aromatic N) is 1. The number of urea groups is 1.